The van der Waals surface area contributed by atoms with E-state index in [1.807, 2.05) is 30.3 Å². The number of hydrogen-bond acceptors (Lipinski definition) is 4. The minimum Gasteiger partial charge on any atom is -0.284 e. The summed E-state index contributed by atoms with van der Waals surface area (Å²) in [7, 11) is 0. The molecule has 86 valence electrons. The number of nitrogens with zero attached hydrogens (tertiary/aromatic N) is 3. The van der Waals surface area contributed by atoms with Gasteiger partial charge in [0.2, 0.25) is 0 Å². The van der Waals surface area contributed by atoms with E-state index in [4.69, 9.17) is 0 Å². The van der Waals surface area contributed by atoms with Crippen LogP contribution >= 0.6 is 11.8 Å². The molecule has 0 aliphatic carbocycles. The van der Waals surface area contributed by atoms with E-state index in [1.165, 1.54) is 0 Å². The highest BCUT2D eigenvalue weighted by Crippen LogP contribution is 2.19. The molecule has 0 spiro atoms. The fraction of sp³-hybridized carbons (Fsp3) is 0.250. The molecule has 17 heavy (non-hydrogen) atoms. The third kappa shape index (κ3) is 1.98. The van der Waals surface area contributed by atoms with Crippen molar-refractivity contribution in [3.05, 3.63) is 51.9 Å². The van der Waals surface area contributed by atoms with Crippen LogP contribution in [-0.4, -0.2) is 20.5 Å². The van der Waals surface area contributed by atoms with Crippen LogP contribution in [0.25, 0.3) is 0 Å². The van der Waals surface area contributed by atoms with Gasteiger partial charge in [0.05, 0.1) is 0 Å². The Kier molecular flexibility index (Phi) is 2.68. The third-order valence-corrected chi connectivity index (χ3v) is 3.69. The fourth-order valence-corrected chi connectivity index (χ4v) is 2.76. The van der Waals surface area contributed by atoms with Gasteiger partial charge >= 0.3 is 0 Å². The normalized spacial score (nSPS) is 13.6. The second kappa shape index (κ2) is 4.33. The van der Waals surface area contributed by atoms with Gasteiger partial charge in [-0.05, 0) is 5.56 Å². The van der Waals surface area contributed by atoms with Crippen molar-refractivity contribution in [2.75, 3.05) is 5.75 Å². The van der Waals surface area contributed by atoms with Crippen molar-refractivity contribution < 1.29 is 0 Å². The van der Waals surface area contributed by atoms with Gasteiger partial charge in [0.25, 0.3) is 5.56 Å². The van der Waals surface area contributed by atoms with E-state index >= 15 is 0 Å². The third-order valence-electron chi connectivity index (χ3n) is 2.74. The SMILES string of the molecule is O=c1c(Cc2ccccc2)nnc2n1CCS2. The van der Waals surface area contributed by atoms with Gasteiger partial charge in [0, 0.05) is 18.7 Å². The molecule has 2 heterocycles. The molecule has 5 heteroatoms. The highest BCUT2D eigenvalue weighted by Gasteiger charge is 2.17. The van der Waals surface area contributed by atoms with Crippen molar-refractivity contribution in [1.29, 1.82) is 0 Å². The lowest BCUT2D eigenvalue weighted by atomic mass is 10.1. The molecule has 4 nitrogen and oxygen atoms in total. The van der Waals surface area contributed by atoms with Gasteiger partial charge in [-0.25, -0.2) is 0 Å². The Balaban J connectivity index is 1.98. The summed E-state index contributed by atoms with van der Waals surface area (Å²) in [5.74, 6) is 0.915. The molecule has 1 aliphatic rings. The molecule has 0 amide bonds. The Morgan fingerprint density at radius 3 is 2.88 bits per heavy atom. The lowest BCUT2D eigenvalue weighted by Crippen LogP contribution is -2.26. The highest BCUT2D eigenvalue weighted by molar-refractivity contribution is 7.99. The lowest BCUT2D eigenvalue weighted by molar-refractivity contribution is 0.606. The van der Waals surface area contributed by atoms with E-state index in [0.29, 0.717) is 12.1 Å². The zero-order valence-electron chi connectivity index (χ0n) is 9.17. The van der Waals surface area contributed by atoms with Gasteiger partial charge in [-0.1, -0.05) is 42.1 Å². The standard InChI is InChI=1S/C12H11N3OS/c16-11-10(8-9-4-2-1-3-5-9)13-14-12-15(11)6-7-17-12/h1-5H,6-8H2. The van der Waals surface area contributed by atoms with E-state index in [2.05, 4.69) is 10.2 Å². The van der Waals surface area contributed by atoms with Crippen LogP contribution < -0.4 is 5.56 Å². The first-order chi connectivity index (χ1) is 8.34. The Bertz CT molecular complexity index is 594. The van der Waals surface area contributed by atoms with Crippen molar-refractivity contribution >= 4 is 11.8 Å². The summed E-state index contributed by atoms with van der Waals surface area (Å²) in [5, 5.41) is 8.88. The van der Waals surface area contributed by atoms with E-state index in [-0.39, 0.29) is 5.56 Å². The van der Waals surface area contributed by atoms with Crippen LogP contribution in [0.15, 0.2) is 40.3 Å². The summed E-state index contributed by atoms with van der Waals surface area (Å²) < 4.78 is 1.72. The average molecular weight is 245 g/mol. The highest BCUT2D eigenvalue weighted by atomic mass is 32.2. The van der Waals surface area contributed by atoms with Gasteiger partial charge in [-0.15, -0.1) is 10.2 Å². The molecule has 0 unspecified atom stereocenters. The maximum Gasteiger partial charge on any atom is 0.276 e. The van der Waals surface area contributed by atoms with Crippen LogP contribution in [0.3, 0.4) is 0 Å². The number of benzene rings is 1. The lowest BCUT2D eigenvalue weighted by Gasteiger charge is -2.03. The largest absolute Gasteiger partial charge is 0.284 e. The minimum atomic E-state index is 0.00357. The molecule has 0 fully saturated rings. The Morgan fingerprint density at radius 1 is 1.24 bits per heavy atom. The summed E-state index contributed by atoms with van der Waals surface area (Å²) >= 11 is 1.59. The monoisotopic (exact) mass is 245 g/mol. The minimum absolute atomic E-state index is 0.00357. The number of thioether (sulfide) groups is 1. The zero-order valence-corrected chi connectivity index (χ0v) is 9.98. The number of hydrogen-bond donors (Lipinski definition) is 0. The zero-order chi connectivity index (χ0) is 11.7. The first-order valence-electron chi connectivity index (χ1n) is 5.48. The van der Waals surface area contributed by atoms with Crippen LogP contribution in [0.5, 0.6) is 0 Å². The van der Waals surface area contributed by atoms with Crippen molar-refractivity contribution in [3.63, 3.8) is 0 Å². The molecule has 0 saturated heterocycles. The summed E-state index contributed by atoms with van der Waals surface area (Å²) in [6, 6.07) is 9.87. The Morgan fingerprint density at radius 2 is 2.06 bits per heavy atom. The van der Waals surface area contributed by atoms with Crippen molar-refractivity contribution in [1.82, 2.24) is 14.8 Å². The van der Waals surface area contributed by atoms with Crippen molar-refractivity contribution in [2.45, 2.75) is 18.1 Å². The predicted molar refractivity (Wildman–Crippen MR) is 66.3 cm³/mol. The number of fused-ring (bicyclic) bond motifs is 1. The fourth-order valence-electron chi connectivity index (χ4n) is 1.87. The van der Waals surface area contributed by atoms with E-state index in [0.717, 1.165) is 23.0 Å². The number of aromatic nitrogens is 3. The summed E-state index contributed by atoms with van der Waals surface area (Å²) in [4.78, 5) is 12.1. The molecule has 0 atom stereocenters. The quantitative estimate of drug-likeness (QED) is 0.801. The maximum atomic E-state index is 12.1. The molecule has 0 saturated carbocycles. The van der Waals surface area contributed by atoms with Crippen molar-refractivity contribution in [2.24, 2.45) is 0 Å². The second-order valence-corrected chi connectivity index (χ2v) is 4.96. The molecule has 0 radical (unpaired) electrons. The van der Waals surface area contributed by atoms with E-state index < -0.39 is 0 Å². The summed E-state index contributed by atoms with van der Waals surface area (Å²) in [6.45, 7) is 0.746. The van der Waals surface area contributed by atoms with Crippen LogP contribution in [0.1, 0.15) is 11.3 Å². The maximum absolute atomic E-state index is 12.1. The van der Waals surface area contributed by atoms with Gasteiger partial charge < -0.3 is 0 Å². The van der Waals surface area contributed by atoms with E-state index in [1.54, 1.807) is 16.3 Å². The van der Waals surface area contributed by atoms with Crippen LogP contribution in [0, 0.1) is 0 Å². The number of rotatable bonds is 2. The van der Waals surface area contributed by atoms with Gasteiger partial charge in [-0.3, -0.25) is 9.36 Å². The summed E-state index contributed by atoms with van der Waals surface area (Å²) in [6.07, 6.45) is 0.553. The molecule has 1 aromatic heterocycles. The summed E-state index contributed by atoms with van der Waals surface area (Å²) in [5.41, 5.74) is 1.62. The average Bonchev–Trinajstić information content (AvgIpc) is 2.83. The molecule has 0 N–H and O–H groups in total. The molecule has 2 aromatic rings. The molecule has 3 rings (SSSR count). The van der Waals surface area contributed by atoms with Gasteiger partial charge in [0.1, 0.15) is 5.69 Å². The molecular formula is C12H11N3OS. The smallest absolute Gasteiger partial charge is 0.276 e. The van der Waals surface area contributed by atoms with Crippen LogP contribution in [-0.2, 0) is 13.0 Å². The van der Waals surface area contributed by atoms with Gasteiger partial charge in [0.15, 0.2) is 5.16 Å². The van der Waals surface area contributed by atoms with E-state index in [9.17, 15) is 4.79 Å². The van der Waals surface area contributed by atoms with Crippen molar-refractivity contribution in [3.8, 4) is 0 Å². The second-order valence-electron chi connectivity index (χ2n) is 3.90. The molecule has 1 aromatic carbocycles. The Hall–Kier alpha value is -1.62. The first kappa shape index (κ1) is 10.5. The van der Waals surface area contributed by atoms with Gasteiger partial charge in [-0.2, -0.15) is 0 Å². The topological polar surface area (TPSA) is 47.8 Å². The molecular weight excluding hydrogens is 234 g/mol. The first-order valence-corrected chi connectivity index (χ1v) is 6.46. The molecule has 1 aliphatic heterocycles. The predicted octanol–water partition coefficient (Wildman–Crippen LogP) is 1.33. The van der Waals surface area contributed by atoms with Crippen LogP contribution in [0.4, 0.5) is 0 Å². The Labute approximate surface area is 103 Å². The molecule has 0 bridgehead atoms. The van der Waals surface area contributed by atoms with Crippen LogP contribution in [0.2, 0.25) is 0 Å².